The molecule has 1 aliphatic heterocycles. The van der Waals surface area contributed by atoms with Crippen LogP contribution in [0.25, 0.3) is 6.08 Å². The minimum absolute atomic E-state index is 0.231. The second-order valence-electron chi connectivity index (χ2n) is 5.19. The largest absolute Gasteiger partial charge is 0.216 e. The van der Waals surface area contributed by atoms with Crippen molar-refractivity contribution in [2.24, 2.45) is 5.10 Å². The minimum Gasteiger partial charge on any atom is -0.207 e. The molecule has 1 aliphatic rings. The molecule has 0 aliphatic carbocycles. The van der Waals surface area contributed by atoms with Crippen molar-refractivity contribution in [3.05, 3.63) is 66.9 Å². The first-order valence-corrected chi connectivity index (χ1v) is 9.60. The number of allylic oxidation sites excluding steroid dienone is 1. The highest BCUT2D eigenvalue weighted by atomic mass is 79.9. The quantitative estimate of drug-likeness (QED) is 0.559. The molecule has 0 unspecified atom stereocenters. The summed E-state index contributed by atoms with van der Waals surface area (Å²) < 4.78 is 30.2. The molecule has 0 bridgehead atoms. The molecule has 0 N–H and O–H groups in total. The number of hydrogen-bond acceptors (Lipinski definition) is 5. The van der Waals surface area contributed by atoms with Gasteiger partial charge in [-0.1, -0.05) is 0 Å². The summed E-state index contributed by atoms with van der Waals surface area (Å²) in [5.41, 5.74) is 0.650. The van der Waals surface area contributed by atoms with Crippen molar-refractivity contribution in [2.45, 2.75) is 12.1 Å². The van der Waals surface area contributed by atoms with E-state index in [0.29, 0.717) is 16.7 Å². The van der Waals surface area contributed by atoms with E-state index in [1.54, 1.807) is 22.9 Å². The molecule has 1 aromatic carbocycles. The molecule has 2 aromatic heterocycles. The Labute approximate surface area is 158 Å². The monoisotopic (exact) mass is 438 g/mol. The van der Waals surface area contributed by atoms with Gasteiger partial charge in [-0.2, -0.15) is 9.78 Å². The van der Waals surface area contributed by atoms with E-state index in [9.17, 15) is 8.78 Å². The number of halogens is 3. The lowest BCUT2D eigenvalue weighted by molar-refractivity contribution is 0.581. The number of thioether (sulfide) groups is 1. The average molecular weight is 439 g/mol. The van der Waals surface area contributed by atoms with Crippen LogP contribution in [0.1, 0.15) is 16.3 Å². The molecule has 126 valence electrons. The van der Waals surface area contributed by atoms with Gasteiger partial charge in [0.2, 0.25) is 5.16 Å². The summed E-state index contributed by atoms with van der Waals surface area (Å²) in [6.07, 6.45) is 1.91. The molecule has 4 nitrogen and oxygen atoms in total. The molecule has 0 fully saturated rings. The number of benzene rings is 1. The first kappa shape index (κ1) is 16.6. The van der Waals surface area contributed by atoms with Gasteiger partial charge in [0.15, 0.2) is 5.82 Å². The van der Waals surface area contributed by atoms with E-state index in [1.807, 2.05) is 17.5 Å². The normalized spacial score (nSPS) is 15.4. The van der Waals surface area contributed by atoms with E-state index in [2.05, 4.69) is 31.2 Å². The summed E-state index contributed by atoms with van der Waals surface area (Å²) >= 11 is 6.32. The van der Waals surface area contributed by atoms with Crippen LogP contribution >= 0.6 is 39.0 Å². The zero-order chi connectivity index (χ0) is 17.6. The fourth-order valence-electron chi connectivity index (χ4n) is 2.31. The number of hydrogen-bond donors (Lipinski definition) is 0. The molecule has 0 radical (unpaired) electrons. The molecular weight excluding hydrogens is 430 g/mol. The van der Waals surface area contributed by atoms with Crippen LogP contribution in [0.3, 0.4) is 0 Å². The maximum atomic E-state index is 14.4. The van der Waals surface area contributed by atoms with E-state index in [-0.39, 0.29) is 5.56 Å². The molecule has 0 spiro atoms. The Balaban J connectivity index is 1.89. The van der Waals surface area contributed by atoms with Gasteiger partial charge in [-0.25, -0.2) is 8.78 Å². The minimum atomic E-state index is -0.660. The Morgan fingerprint density at radius 3 is 2.76 bits per heavy atom. The van der Waals surface area contributed by atoms with Crippen molar-refractivity contribution in [1.29, 1.82) is 0 Å². The van der Waals surface area contributed by atoms with Gasteiger partial charge >= 0.3 is 0 Å². The molecule has 0 saturated carbocycles. The molecule has 0 saturated heterocycles. The van der Waals surface area contributed by atoms with Gasteiger partial charge < -0.3 is 0 Å². The number of aromatic nitrogens is 3. The van der Waals surface area contributed by atoms with Gasteiger partial charge in [0, 0.05) is 31.3 Å². The number of thiophene rings is 1. The topological polar surface area (TPSA) is 43.1 Å². The molecule has 3 aromatic rings. The van der Waals surface area contributed by atoms with Crippen LogP contribution in [-0.2, 0) is 0 Å². The fourth-order valence-corrected chi connectivity index (χ4v) is 4.73. The smallest absolute Gasteiger partial charge is 0.207 e. The summed E-state index contributed by atoms with van der Waals surface area (Å²) in [5.74, 6) is -0.688. The molecular formula is C16H9BrF2N4S2. The second-order valence-corrected chi connectivity index (χ2v) is 8.06. The maximum absolute atomic E-state index is 14.4. The zero-order valence-electron chi connectivity index (χ0n) is 12.7. The SMILES string of the molecule is Cc1nnc2n1N=C(c1ccc(F)cc1F)/C(=C\c1cc(Br)cs1)S2. The van der Waals surface area contributed by atoms with Crippen molar-refractivity contribution in [2.75, 3.05) is 0 Å². The van der Waals surface area contributed by atoms with Crippen molar-refractivity contribution in [1.82, 2.24) is 14.9 Å². The third-order valence-corrected chi connectivity index (χ3v) is 6.06. The first-order chi connectivity index (χ1) is 12.0. The van der Waals surface area contributed by atoms with Crippen molar-refractivity contribution < 1.29 is 8.78 Å². The van der Waals surface area contributed by atoms with Crippen LogP contribution in [0.4, 0.5) is 8.78 Å². The van der Waals surface area contributed by atoms with Crippen LogP contribution < -0.4 is 0 Å². The van der Waals surface area contributed by atoms with E-state index >= 15 is 0 Å². The Morgan fingerprint density at radius 2 is 2.04 bits per heavy atom. The van der Waals surface area contributed by atoms with Gasteiger partial charge in [-0.15, -0.1) is 21.5 Å². The third-order valence-electron chi connectivity index (χ3n) is 3.45. The van der Waals surface area contributed by atoms with Gasteiger partial charge in [-0.05, 0) is 58.9 Å². The Bertz CT molecular complexity index is 1040. The van der Waals surface area contributed by atoms with E-state index in [1.165, 1.54) is 23.9 Å². The predicted octanol–water partition coefficient (Wildman–Crippen LogP) is 5.09. The third kappa shape index (κ3) is 3.19. The number of aryl methyl sites for hydroxylation is 1. The summed E-state index contributed by atoms with van der Waals surface area (Å²) in [6, 6.07) is 5.43. The van der Waals surface area contributed by atoms with Crippen LogP contribution in [0.2, 0.25) is 0 Å². The highest BCUT2D eigenvalue weighted by molar-refractivity contribution is 9.10. The maximum Gasteiger partial charge on any atom is 0.216 e. The predicted molar refractivity (Wildman–Crippen MR) is 98.9 cm³/mol. The Kier molecular flexibility index (Phi) is 4.30. The number of nitrogens with zero attached hydrogens (tertiary/aromatic N) is 4. The first-order valence-electron chi connectivity index (χ1n) is 7.11. The van der Waals surface area contributed by atoms with Crippen molar-refractivity contribution in [3.63, 3.8) is 0 Å². The molecule has 3 heterocycles. The highest BCUT2D eigenvalue weighted by Crippen LogP contribution is 2.36. The average Bonchev–Trinajstić information content (AvgIpc) is 3.13. The van der Waals surface area contributed by atoms with Gasteiger partial charge in [0.05, 0.1) is 0 Å². The molecule has 25 heavy (non-hydrogen) atoms. The highest BCUT2D eigenvalue weighted by Gasteiger charge is 2.25. The second kappa shape index (κ2) is 6.47. The Hall–Kier alpha value is -1.84. The van der Waals surface area contributed by atoms with Crippen molar-refractivity contribution >= 4 is 50.8 Å². The summed E-state index contributed by atoms with van der Waals surface area (Å²) in [4.78, 5) is 1.70. The molecule has 9 heteroatoms. The lowest BCUT2D eigenvalue weighted by atomic mass is 10.1. The summed E-state index contributed by atoms with van der Waals surface area (Å²) in [7, 11) is 0. The van der Waals surface area contributed by atoms with Crippen LogP contribution in [0.5, 0.6) is 0 Å². The lowest BCUT2D eigenvalue weighted by Gasteiger charge is -2.17. The van der Waals surface area contributed by atoms with Crippen molar-refractivity contribution in [3.8, 4) is 0 Å². The zero-order valence-corrected chi connectivity index (χ0v) is 15.9. The Morgan fingerprint density at radius 1 is 1.20 bits per heavy atom. The van der Waals surface area contributed by atoms with Crippen LogP contribution in [0, 0.1) is 18.6 Å². The van der Waals surface area contributed by atoms with E-state index < -0.39 is 11.6 Å². The van der Waals surface area contributed by atoms with Crippen LogP contribution in [-0.4, -0.2) is 20.6 Å². The number of rotatable bonds is 2. The van der Waals surface area contributed by atoms with E-state index in [4.69, 9.17) is 0 Å². The molecule has 0 amide bonds. The van der Waals surface area contributed by atoms with Gasteiger partial charge in [0.1, 0.15) is 17.3 Å². The van der Waals surface area contributed by atoms with E-state index in [0.717, 1.165) is 20.3 Å². The van der Waals surface area contributed by atoms with Gasteiger partial charge in [0.25, 0.3) is 0 Å². The number of fused-ring (bicyclic) bond motifs is 1. The summed E-state index contributed by atoms with van der Waals surface area (Å²) in [6.45, 7) is 1.77. The van der Waals surface area contributed by atoms with Gasteiger partial charge in [-0.3, -0.25) is 0 Å². The standard InChI is InChI=1S/C16H9BrF2N4S2/c1-8-20-21-16-23(8)22-15(12-3-2-10(18)5-13(12)19)14(25-16)6-11-4-9(17)7-24-11/h2-7H,1H3/b14-6+. The molecule has 4 rings (SSSR count). The lowest BCUT2D eigenvalue weighted by Crippen LogP contribution is -2.14. The fraction of sp³-hybridized carbons (Fsp3) is 0.0625. The summed E-state index contributed by atoms with van der Waals surface area (Å²) in [5, 5.41) is 15.2. The molecule has 0 atom stereocenters. The van der Waals surface area contributed by atoms with Crippen LogP contribution in [0.15, 0.2) is 49.3 Å².